The molecule has 0 aliphatic carbocycles. The molecule has 0 radical (unpaired) electrons. The molecule has 0 saturated carbocycles. The van der Waals surface area contributed by atoms with Gasteiger partial charge in [-0.15, -0.1) is 0 Å². The molecule has 242 valence electrons. The van der Waals surface area contributed by atoms with Crippen molar-refractivity contribution in [3.63, 3.8) is 0 Å². The fourth-order valence-electron chi connectivity index (χ4n) is 6.09. The third-order valence-electron chi connectivity index (χ3n) is 8.45. The maximum absolute atomic E-state index is 6.92. The fraction of sp³-hybridized carbons (Fsp3) is 0.385. The summed E-state index contributed by atoms with van der Waals surface area (Å²) in [6.07, 6.45) is -1.79. The monoisotopic (exact) mass is 624 g/mol. The Morgan fingerprint density at radius 1 is 0.522 bits per heavy atom. The lowest BCUT2D eigenvalue weighted by Gasteiger charge is -2.47. The molecular weight excluding hydrogens is 580 g/mol. The van der Waals surface area contributed by atoms with Gasteiger partial charge in [0, 0.05) is 6.42 Å². The highest BCUT2D eigenvalue weighted by atomic mass is 16.7. The predicted molar refractivity (Wildman–Crippen MR) is 175 cm³/mol. The van der Waals surface area contributed by atoms with Crippen molar-refractivity contribution < 1.29 is 33.2 Å². The first-order chi connectivity index (χ1) is 22.7. The van der Waals surface area contributed by atoms with E-state index in [1.165, 1.54) is 0 Å². The average Bonchev–Trinajstić information content (AvgIpc) is 3.53. The van der Waals surface area contributed by atoms with Gasteiger partial charge < -0.3 is 33.2 Å². The Morgan fingerprint density at radius 2 is 0.913 bits per heavy atom. The van der Waals surface area contributed by atoms with Crippen molar-refractivity contribution in [3.05, 3.63) is 144 Å². The van der Waals surface area contributed by atoms with Crippen molar-refractivity contribution in [3.8, 4) is 0 Å². The first-order valence-corrected chi connectivity index (χ1v) is 16.2. The quantitative estimate of drug-likeness (QED) is 0.143. The molecule has 0 aromatic heterocycles. The lowest BCUT2D eigenvalue weighted by molar-refractivity contribution is -0.288. The van der Waals surface area contributed by atoms with Gasteiger partial charge in [0.1, 0.15) is 24.4 Å². The van der Waals surface area contributed by atoms with Crippen molar-refractivity contribution in [1.29, 1.82) is 0 Å². The van der Waals surface area contributed by atoms with Gasteiger partial charge in [-0.2, -0.15) is 0 Å². The highest BCUT2D eigenvalue weighted by Gasteiger charge is 2.51. The van der Waals surface area contributed by atoms with Gasteiger partial charge in [0.25, 0.3) is 0 Å². The van der Waals surface area contributed by atoms with Gasteiger partial charge in [-0.05, 0) is 29.2 Å². The summed E-state index contributed by atoms with van der Waals surface area (Å²) >= 11 is 0. The zero-order chi connectivity index (χ0) is 31.4. The van der Waals surface area contributed by atoms with Crippen LogP contribution in [-0.2, 0) is 59.6 Å². The molecule has 2 aliphatic heterocycles. The van der Waals surface area contributed by atoms with Crippen LogP contribution in [0, 0.1) is 0 Å². The first kappa shape index (κ1) is 32.5. The van der Waals surface area contributed by atoms with E-state index in [1.807, 2.05) is 79.7 Å². The van der Waals surface area contributed by atoms with Crippen LogP contribution in [0.3, 0.4) is 0 Å². The Bertz CT molecular complexity index is 1410. The molecule has 2 aliphatic rings. The van der Waals surface area contributed by atoms with Crippen LogP contribution >= 0.6 is 0 Å². The summed E-state index contributed by atoms with van der Waals surface area (Å²) in [6.45, 7) is 5.03. The summed E-state index contributed by atoms with van der Waals surface area (Å²) < 4.78 is 45.7. The molecule has 7 heteroatoms. The van der Waals surface area contributed by atoms with Crippen LogP contribution < -0.4 is 0 Å². The molecule has 0 amide bonds. The SMILES string of the molecule is CC1(C[C@@H]2O[C@H](COCc3ccccc3)[C@H](OCc3ccccc3)[C@H](OCc3ccccc3)[C@H]2OCc2ccccc2)OCCO1. The van der Waals surface area contributed by atoms with Crippen LogP contribution in [0.2, 0.25) is 0 Å². The molecule has 7 nitrogen and oxygen atoms in total. The first-order valence-electron chi connectivity index (χ1n) is 16.2. The minimum atomic E-state index is -0.795. The Kier molecular flexibility index (Phi) is 11.6. The molecule has 2 fully saturated rings. The minimum absolute atomic E-state index is 0.319. The number of hydrogen-bond acceptors (Lipinski definition) is 7. The summed E-state index contributed by atoms with van der Waals surface area (Å²) in [6, 6.07) is 40.7. The summed E-state index contributed by atoms with van der Waals surface area (Å²) in [5, 5.41) is 0. The maximum Gasteiger partial charge on any atom is 0.168 e. The van der Waals surface area contributed by atoms with E-state index in [0.29, 0.717) is 52.7 Å². The van der Waals surface area contributed by atoms with E-state index in [9.17, 15) is 0 Å². The van der Waals surface area contributed by atoms with Crippen molar-refractivity contribution in [2.24, 2.45) is 0 Å². The predicted octanol–water partition coefficient (Wildman–Crippen LogP) is 6.88. The molecule has 2 heterocycles. The molecule has 46 heavy (non-hydrogen) atoms. The molecule has 5 atom stereocenters. The van der Waals surface area contributed by atoms with Crippen molar-refractivity contribution >= 4 is 0 Å². The van der Waals surface area contributed by atoms with Crippen LogP contribution in [0.1, 0.15) is 35.6 Å². The van der Waals surface area contributed by atoms with Gasteiger partial charge in [-0.3, -0.25) is 0 Å². The van der Waals surface area contributed by atoms with Gasteiger partial charge >= 0.3 is 0 Å². The largest absolute Gasteiger partial charge is 0.374 e. The lowest BCUT2D eigenvalue weighted by atomic mass is 9.90. The van der Waals surface area contributed by atoms with Crippen LogP contribution in [0.25, 0.3) is 0 Å². The summed E-state index contributed by atoms with van der Waals surface area (Å²) in [5.74, 6) is -0.795. The molecule has 4 aromatic carbocycles. The summed E-state index contributed by atoms with van der Waals surface area (Å²) in [4.78, 5) is 0. The Hall–Kier alpha value is -3.40. The van der Waals surface area contributed by atoms with Gasteiger partial charge in [-0.1, -0.05) is 121 Å². The van der Waals surface area contributed by atoms with Crippen molar-refractivity contribution in [1.82, 2.24) is 0 Å². The van der Waals surface area contributed by atoms with Crippen molar-refractivity contribution in [2.75, 3.05) is 19.8 Å². The van der Waals surface area contributed by atoms with E-state index < -0.39 is 36.3 Å². The highest BCUT2D eigenvalue weighted by Crippen LogP contribution is 2.36. The van der Waals surface area contributed by atoms with Gasteiger partial charge in [0.05, 0.1) is 52.4 Å². The second-order valence-electron chi connectivity index (χ2n) is 12.0. The average molecular weight is 625 g/mol. The van der Waals surface area contributed by atoms with Gasteiger partial charge in [-0.25, -0.2) is 0 Å². The van der Waals surface area contributed by atoms with Crippen LogP contribution in [-0.4, -0.2) is 56.1 Å². The molecule has 0 unspecified atom stereocenters. The molecule has 0 N–H and O–H groups in total. The number of rotatable bonds is 15. The maximum atomic E-state index is 6.92. The number of hydrogen-bond donors (Lipinski definition) is 0. The molecular formula is C39H44O7. The van der Waals surface area contributed by atoms with Crippen LogP contribution in [0.15, 0.2) is 121 Å². The number of ether oxygens (including phenoxy) is 7. The molecule has 0 spiro atoms. The molecule has 2 saturated heterocycles. The number of benzene rings is 4. The Balaban J connectivity index is 1.30. The minimum Gasteiger partial charge on any atom is -0.374 e. The second-order valence-corrected chi connectivity index (χ2v) is 12.0. The smallest absolute Gasteiger partial charge is 0.168 e. The summed E-state index contributed by atoms with van der Waals surface area (Å²) in [7, 11) is 0. The van der Waals surface area contributed by atoms with E-state index >= 15 is 0 Å². The zero-order valence-electron chi connectivity index (χ0n) is 26.4. The molecule has 4 aromatic rings. The second kappa shape index (κ2) is 16.4. The van der Waals surface area contributed by atoms with Crippen LogP contribution in [0.5, 0.6) is 0 Å². The van der Waals surface area contributed by atoms with E-state index in [4.69, 9.17) is 33.2 Å². The topological polar surface area (TPSA) is 64.6 Å². The Morgan fingerprint density at radius 3 is 1.37 bits per heavy atom. The standard InChI is InChI=1S/C39H44O7/c1-39(44-22-23-45-39)24-34-36(41-26-31-16-8-3-9-17-31)38(43-28-33-20-12-5-13-21-33)37(42-27-32-18-10-4-11-19-32)35(46-34)29-40-25-30-14-6-2-7-15-30/h2-21,34-38H,22-29H2,1H3/t34-,35+,36-,37-,38+/m0/s1. The van der Waals surface area contributed by atoms with Gasteiger partial charge in [0.15, 0.2) is 5.79 Å². The van der Waals surface area contributed by atoms with Crippen molar-refractivity contribution in [2.45, 2.75) is 76.1 Å². The lowest BCUT2D eigenvalue weighted by Crippen LogP contribution is -2.62. The van der Waals surface area contributed by atoms with Gasteiger partial charge in [0.2, 0.25) is 0 Å². The normalized spacial score (nSPS) is 24.2. The van der Waals surface area contributed by atoms with E-state index in [0.717, 1.165) is 22.3 Å². The van der Waals surface area contributed by atoms with Crippen LogP contribution in [0.4, 0.5) is 0 Å². The zero-order valence-corrected chi connectivity index (χ0v) is 26.4. The molecule has 6 rings (SSSR count). The van der Waals surface area contributed by atoms with E-state index in [1.54, 1.807) is 0 Å². The highest BCUT2D eigenvalue weighted by molar-refractivity contribution is 5.16. The van der Waals surface area contributed by atoms with E-state index in [-0.39, 0.29) is 0 Å². The summed E-state index contributed by atoms with van der Waals surface area (Å²) in [5.41, 5.74) is 4.30. The third kappa shape index (κ3) is 9.11. The Labute approximate surface area is 272 Å². The van der Waals surface area contributed by atoms with E-state index in [2.05, 4.69) is 48.5 Å². The fourth-order valence-corrected chi connectivity index (χ4v) is 6.09. The molecule has 0 bridgehead atoms. The third-order valence-corrected chi connectivity index (χ3v) is 8.45.